The fourth-order valence-electron chi connectivity index (χ4n) is 2.16. The fourth-order valence-corrected chi connectivity index (χ4v) is 3.77. The molecule has 0 aliphatic carbocycles. The molecule has 0 aliphatic rings. The van der Waals surface area contributed by atoms with Crippen LogP contribution in [0.2, 0.25) is 0 Å². The van der Waals surface area contributed by atoms with E-state index in [2.05, 4.69) is 0 Å². The van der Waals surface area contributed by atoms with Crippen molar-refractivity contribution in [3.8, 4) is 0 Å². The van der Waals surface area contributed by atoms with Crippen LogP contribution in [0.5, 0.6) is 0 Å². The first-order valence-corrected chi connectivity index (χ1v) is 9.30. The zero-order chi connectivity index (χ0) is 18.1. The summed E-state index contributed by atoms with van der Waals surface area (Å²) in [4.78, 5) is -1.82. The summed E-state index contributed by atoms with van der Waals surface area (Å²) in [5.41, 5.74) is 10.4. The third-order valence-corrected chi connectivity index (χ3v) is 5.04. The molecule has 6 N–H and O–H groups in total. The molecule has 25 heavy (non-hydrogen) atoms. The fraction of sp³-hybridized carbons (Fsp3) is 0. The zero-order valence-electron chi connectivity index (χ0n) is 12.1. The summed E-state index contributed by atoms with van der Waals surface area (Å²) < 4.78 is 64.4. The number of nitrogens with two attached hydrogens (primary N) is 2. The summed E-state index contributed by atoms with van der Waals surface area (Å²) >= 11 is 0. The van der Waals surface area contributed by atoms with Gasteiger partial charge in [0.15, 0.2) is 0 Å². The topological polar surface area (TPSA) is 161 Å². The summed E-state index contributed by atoms with van der Waals surface area (Å²) in [7, 11) is -9.76. The molecule has 2 aromatic rings. The number of hydrogen-bond acceptors (Lipinski definition) is 6. The van der Waals surface area contributed by atoms with Crippen LogP contribution in [-0.4, -0.2) is 55.5 Å². The molecule has 2 rings (SSSR count). The number of benzene rings is 2. The minimum absolute atomic E-state index is 0. The van der Waals surface area contributed by atoms with Gasteiger partial charge in [0.1, 0.15) is 9.79 Å². The van der Waals surface area contributed by atoms with E-state index >= 15 is 0 Å². The Morgan fingerprint density at radius 2 is 1.36 bits per heavy atom. The van der Waals surface area contributed by atoms with Crippen LogP contribution in [-0.2, 0) is 20.2 Å². The zero-order valence-corrected chi connectivity index (χ0v) is 13.8. The van der Waals surface area contributed by atoms with Crippen molar-refractivity contribution in [1.29, 1.82) is 0 Å². The molecule has 0 spiro atoms. The molecule has 0 aliphatic heterocycles. The standard InChI is InChI=1S/C14H14N2O6S2.Na.H/c15-11-8-10(7-6-9-4-2-1-3-5-9)13(23(17,18)19)12(16)14(11)24(20,21)22;;/h1-8H,15-16H2,(H,17,18,19)(H,20,21,22);;. The molecule has 0 fully saturated rings. The quantitative estimate of drug-likeness (QED) is 0.257. The first kappa shape index (κ1) is 21.6. The Hall–Kier alpha value is -1.40. The van der Waals surface area contributed by atoms with Crippen LogP contribution in [0.25, 0.3) is 12.2 Å². The van der Waals surface area contributed by atoms with Gasteiger partial charge < -0.3 is 11.5 Å². The van der Waals surface area contributed by atoms with E-state index in [0.717, 1.165) is 11.6 Å². The van der Waals surface area contributed by atoms with Crippen molar-refractivity contribution < 1.29 is 25.9 Å². The molecule has 130 valence electrons. The van der Waals surface area contributed by atoms with Gasteiger partial charge in [-0.3, -0.25) is 9.11 Å². The third kappa shape index (κ3) is 5.05. The molecule has 2 aromatic carbocycles. The van der Waals surface area contributed by atoms with Gasteiger partial charge in [-0.15, -0.1) is 0 Å². The van der Waals surface area contributed by atoms with E-state index in [0.29, 0.717) is 0 Å². The van der Waals surface area contributed by atoms with E-state index in [1.54, 1.807) is 30.3 Å². The monoisotopic (exact) mass is 394 g/mol. The van der Waals surface area contributed by atoms with Crippen LogP contribution < -0.4 is 11.5 Å². The molecule has 0 bridgehead atoms. The Kier molecular flexibility index (Phi) is 6.81. The minimum atomic E-state index is -4.88. The second kappa shape index (κ2) is 7.87. The molecule has 8 nitrogen and oxygen atoms in total. The molecule has 11 heteroatoms. The number of hydrogen-bond donors (Lipinski definition) is 4. The van der Waals surface area contributed by atoms with Crippen molar-refractivity contribution in [2.24, 2.45) is 0 Å². The van der Waals surface area contributed by atoms with E-state index in [1.807, 2.05) is 0 Å². The van der Waals surface area contributed by atoms with Crippen molar-refractivity contribution in [2.45, 2.75) is 9.79 Å². The van der Waals surface area contributed by atoms with Crippen molar-refractivity contribution >= 4 is 73.3 Å². The molecule has 0 heterocycles. The third-order valence-electron chi connectivity index (χ3n) is 3.10. The Labute approximate surface area is 167 Å². The second-order valence-electron chi connectivity index (χ2n) is 4.82. The van der Waals surface area contributed by atoms with Gasteiger partial charge in [0.05, 0.1) is 11.4 Å². The predicted octanol–water partition coefficient (Wildman–Crippen LogP) is 0.866. The molecule has 0 atom stereocenters. The molecule has 0 saturated heterocycles. The average molecular weight is 394 g/mol. The van der Waals surface area contributed by atoms with Gasteiger partial charge in [0, 0.05) is 0 Å². The Morgan fingerprint density at radius 1 is 0.840 bits per heavy atom. The molecule has 0 radical (unpaired) electrons. The first-order chi connectivity index (χ1) is 11.0. The molecular weight excluding hydrogens is 379 g/mol. The SMILES string of the molecule is Nc1cc(C=Cc2ccccc2)c(S(=O)(=O)O)c(N)c1S(=O)(=O)O.[NaH]. The van der Waals surface area contributed by atoms with Crippen LogP contribution in [0.15, 0.2) is 46.2 Å². The van der Waals surface area contributed by atoms with Gasteiger partial charge in [-0.05, 0) is 17.2 Å². The van der Waals surface area contributed by atoms with Crippen LogP contribution in [0.4, 0.5) is 11.4 Å². The van der Waals surface area contributed by atoms with Gasteiger partial charge in [-0.2, -0.15) is 16.8 Å². The Balaban J connectivity index is 0.00000312. The molecule has 0 unspecified atom stereocenters. The normalized spacial score (nSPS) is 12.1. The number of rotatable bonds is 4. The Bertz CT molecular complexity index is 1020. The van der Waals surface area contributed by atoms with Crippen molar-refractivity contribution in [2.75, 3.05) is 11.5 Å². The Morgan fingerprint density at radius 3 is 1.84 bits per heavy atom. The van der Waals surface area contributed by atoms with Gasteiger partial charge in [0.25, 0.3) is 20.2 Å². The van der Waals surface area contributed by atoms with E-state index in [4.69, 9.17) is 16.0 Å². The summed E-state index contributed by atoms with van der Waals surface area (Å²) in [6, 6.07) is 9.77. The predicted molar refractivity (Wildman–Crippen MR) is 97.4 cm³/mol. The summed E-state index contributed by atoms with van der Waals surface area (Å²) in [6.45, 7) is 0. The number of anilines is 2. The van der Waals surface area contributed by atoms with Gasteiger partial charge in [-0.25, -0.2) is 0 Å². The van der Waals surface area contributed by atoms with Crippen LogP contribution in [0.3, 0.4) is 0 Å². The first-order valence-electron chi connectivity index (χ1n) is 6.42. The second-order valence-corrected chi connectivity index (χ2v) is 7.54. The van der Waals surface area contributed by atoms with Crippen molar-refractivity contribution in [1.82, 2.24) is 0 Å². The van der Waals surface area contributed by atoms with E-state index in [9.17, 15) is 21.4 Å². The van der Waals surface area contributed by atoms with E-state index in [1.165, 1.54) is 12.2 Å². The molecule has 0 saturated carbocycles. The maximum atomic E-state index is 11.6. The molecule has 0 amide bonds. The van der Waals surface area contributed by atoms with Crippen LogP contribution in [0.1, 0.15) is 11.1 Å². The summed E-state index contributed by atoms with van der Waals surface area (Å²) in [5.74, 6) is 0. The summed E-state index contributed by atoms with van der Waals surface area (Å²) in [6.07, 6.45) is 2.83. The van der Waals surface area contributed by atoms with E-state index in [-0.39, 0.29) is 35.1 Å². The van der Waals surface area contributed by atoms with E-state index < -0.39 is 41.4 Å². The van der Waals surface area contributed by atoms with Crippen molar-refractivity contribution in [3.63, 3.8) is 0 Å². The van der Waals surface area contributed by atoms with Crippen LogP contribution >= 0.6 is 0 Å². The van der Waals surface area contributed by atoms with Gasteiger partial charge in [0.2, 0.25) is 0 Å². The van der Waals surface area contributed by atoms with Crippen LogP contribution in [0, 0.1) is 0 Å². The van der Waals surface area contributed by atoms with Gasteiger partial charge >= 0.3 is 29.6 Å². The van der Waals surface area contributed by atoms with Crippen molar-refractivity contribution in [3.05, 3.63) is 47.5 Å². The molecular formula is C14H15N2NaO6S2. The summed E-state index contributed by atoms with van der Waals surface area (Å²) in [5, 5.41) is 0. The maximum absolute atomic E-state index is 11.6. The molecule has 0 aromatic heterocycles. The van der Waals surface area contributed by atoms with Gasteiger partial charge in [-0.1, -0.05) is 42.5 Å². The average Bonchev–Trinajstić information content (AvgIpc) is 2.42. The number of nitrogen functional groups attached to an aromatic ring is 2.